The number of amides is 1. The predicted molar refractivity (Wildman–Crippen MR) is 149 cm³/mol. The Morgan fingerprint density at radius 3 is 2.59 bits per heavy atom. The minimum absolute atomic E-state index is 0.0991. The smallest absolute Gasteiger partial charge is 0.410 e. The maximum Gasteiger partial charge on any atom is 0.410 e. The first-order valence-corrected chi connectivity index (χ1v) is 13.5. The van der Waals surface area contributed by atoms with Crippen molar-refractivity contribution in [1.29, 1.82) is 0 Å². The number of piperidine rings is 1. The average Bonchev–Trinajstić information content (AvgIpc) is 3.36. The lowest BCUT2D eigenvalue weighted by Gasteiger charge is -2.50. The summed E-state index contributed by atoms with van der Waals surface area (Å²) in [7, 11) is 0. The van der Waals surface area contributed by atoms with E-state index in [0.29, 0.717) is 34.0 Å². The lowest BCUT2D eigenvalue weighted by molar-refractivity contribution is -0.0157. The minimum Gasteiger partial charge on any atom is -0.507 e. The standard InChI is InChI=1S/C30H36N6O3/c1-20(9-10-21-16-30(17-21)11-13-35(14-12-30)28(38)39-29(2,3)4)36-19-22(18-32-36)24-15-25(33-34-27(24)31)23-7-5-6-8-26(23)37/h5-8,15,18-21,37H,11-14,16-17H2,1-4H3,(H2,31,34). The highest BCUT2D eigenvalue weighted by atomic mass is 16.6. The maximum absolute atomic E-state index is 12.4. The molecule has 1 saturated carbocycles. The zero-order valence-corrected chi connectivity index (χ0v) is 23.0. The number of anilines is 1. The van der Waals surface area contributed by atoms with Gasteiger partial charge in [-0.3, -0.25) is 4.68 Å². The van der Waals surface area contributed by atoms with Gasteiger partial charge in [-0.05, 0) is 77.0 Å². The zero-order chi connectivity index (χ0) is 27.8. The fourth-order valence-corrected chi connectivity index (χ4v) is 5.43. The van der Waals surface area contributed by atoms with Gasteiger partial charge in [-0.1, -0.05) is 24.0 Å². The van der Waals surface area contributed by atoms with Crippen LogP contribution in [0.1, 0.15) is 59.4 Å². The van der Waals surface area contributed by atoms with Gasteiger partial charge in [0.1, 0.15) is 17.4 Å². The molecule has 2 aromatic heterocycles. The molecule has 3 aromatic rings. The van der Waals surface area contributed by atoms with Gasteiger partial charge < -0.3 is 20.5 Å². The van der Waals surface area contributed by atoms with Gasteiger partial charge in [0.25, 0.3) is 0 Å². The maximum atomic E-state index is 12.4. The van der Waals surface area contributed by atoms with E-state index in [2.05, 4.69) is 27.1 Å². The average molecular weight is 529 g/mol. The SMILES string of the molecule is CC(C#CC1CC2(CCN(C(=O)OC(C)(C)C)CC2)C1)n1cc(-c2cc(-c3ccccc3O)nnc2N)cn1. The van der Waals surface area contributed by atoms with E-state index in [4.69, 9.17) is 10.5 Å². The Hall–Kier alpha value is -4.06. The molecule has 1 saturated heterocycles. The Labute approximate surface area is 229 Å². The van der Waals surface area contributed by atoms with Crippen molar-refractivity contribution < 1.29 is 14.6 Å². The van der Waals surface area contributed by atoms with E-state index in [0.717, 1.165) is 44.3 Å². The van der Waals surface area contributed by atoms with Crippen LogP contribution in [0.3, 0.4) is 0 Å². The molecule has 1 aliphatic heterocycles. The number of phenols is 1. The number of nitrogens with zero attached hydrogens (tertiary/aromatic N) is 5. The van der Waals surface area contributed by atoms with Gasteiger partial charge in [-0.15, -0.1) is 10.2 Å². The molecule has 1 aliphatic carbocycles. The van der Waals surface area contributed by atoms with Crippen LogP contribution in [-0.4, -0.2) is 54.8 Å². The Morgan fingerprint density at radius 1 is 1.18 bits per heavy atom. The molecule has 1 aromatic carbocycles. The Bertz CT molecular complexity index is 1410. The summed E-state index contributed by atoms with van der Waals surface area (Å²) in [5.41, 5.74) is 8.61. The largest absolute Gasteiger partial charge is 0.507 e. The quantitative estimate of drug-likeness (QED) is 0.444. The lowest BCUT2D eigenvalue weighted by atomic mass is 9.58. The molecule has 1 atom stereocenters. The van der Waals surface area contributed by atoms with Gasteiger partial charge in [0, 0.05) is 41.9 Å². The summed E-state index contributed by atoms with van der Waals surface area (Å²) in [5.74, 6) is 7.63. The van der Waals surface area contributed by atoms with E-state index in [1.807, 2.05) is 55.6 Å². The van der Waals surface area contributed by atoms with E-state index >= 15 is 0 Å². The Balaban J connectivity index is 1.19. The van der Waals surface area contributed by atoms with Gasteiger partial charge in [-0.25, -0.2) is 4.79 Å². The topological polar surface area (TPSA) is 119 Å². The van der Waals surface area contributed by atoms with Crippen LogP contribution in [0.4, 0.5) is 10.6 Å². The highest BCUT2D eigenvalue weighted by Gasteiger charge is 2.46. The summed E-state index contributed by atoms with van der Waals surface area (Å²) >= 11 is 0. The van der Waals surface area contributed by atoms with Crippen molar-refractivity contribution in [2.75, 3.05) is 18.8 Å². The monoisotopic (exact) mass is 528 g/mol. The highest BCUT2D eigenvalue weighted by Crippen LogP contribution is 2.52. The summed E-state index contributed by atoms with van der Waals surface area (Å²) in [6, 6.07) is 8.71. The number of ether oxygens (including phenoxy) is 1. The third kappa shape index (κ3) is 5.85. The fraction of sp³-hybridized carbons (Fsp3) is 0.467. The van der Waals surface area contributed by atoms with Crippen molar-refractivity contribution in [1.82, 2.24) is 24.9 Å². The first kappa shape index (κ1) is 26.5. The normalized spacial score (nSPS) is 17.7. The predicted octanol–water partition coefficient (Wildman–Crippen LogP) is 5.29. The van der Waals surface area contributed by atoms with Crippen LogP contribution in [-0.2, 0) is 4.74 Å². The second kappa shape index (κ2) is 10.3. The van der Waals surface area contributed by atoms with Gasteiger partial charge in [0.05, 0.1) is 11.9 Å². The number of rotatable bonds is 3. The number of carbonyl (C=O) groups is 1. The molecule has 0 radical (unpaired) electrons. The van der Waals surface area contributed by atoms with E-state index < -0.39 is 5.60 Å². The number of hydrogen-bond acceptors (Lipinski definition) is 7. The number of benzene rings is 1. The first-order chi connectivity index (χ1) is 18.5. The van der Waals surface area contributed by atoms with Crippen LogP contribution in [0.5, 0.6) is 5.75 Å². The highest BCUT2D eigenvalue weighted by molar-refractivity contribution is 5.78. The molecule has 0 bridgehead atoms. The Kier molecular flexibility index (Phi) is 6.98. The number of likely N-dealkylation sites (tertiary alicyclic amines) is 1. The summed E-state index contributed by atoms with van der Waals surface area (Å²) < 4.78 is 7.35. The summed E-state index contributed by atoms with van der Waals surface area (Å²) in [6.45, 7) is 9.23. The summed E-state index contributed by atoms with van der Waals surface area (Å²) in [4.78, 5) is 14.2. The molecule has 3 N–H and O–H groups in total. The number of nitrogen functional groups attached to an aromatic ring is 1. The van der Waals surface area contributed by atoms with Crippen molar-refractivity contribution in [2.45, 2.75) is 65.0 Å². The molecule has 3 heterocycles. The third-order valence-electron chi connectivity index (χ3n) is 7.64. The van der Waals surface area contributed by atoms with Crippen LogP contribution in [0.25, 0.3) is 22.4 Å². The van der Waals surface area contributed by atoms with Crippen molar-refractivity contribution in [2.24, 2.45) is 11.3 Å². The van der Waals surface area contributed by atoms with Gasteiger partial charge in [-0.2, -0.15) is 5.10 Å². The lowest BCUT2D eigenvalue weighted by Crippen LogP contribution is -2.49. The molecule has 9 nitrogen and oxygen atoms in total. The van der Waals surface area contributed by atoms with Crippen molar-refractivity contribution in [3.63, 3.8) is 0 Å². The number of aromatic hydroxyl groups is 1. The van der Waals surface area contributed by atoms with Crippen LogP contribution in [0.2, 0.25) is 0 Å². The number of carbonyl (C=O) groups excluding carboxylic acids is 1. The van der Waals surface area contributed by atoms with Crippen molar-refractivity contribution in [3.8, 4) is 40.0 Å². The number of aromatic nitrogens is 4. The molecule has 204 valence electrons. The molecule has 2 fully saturated rings. The Morgan fingerprint density at radius 2 is 1.90 bits per heavy atom. The fourth-order valence-electron chi connectivity index (χ4n) is 5.43. The molecular formula is C30H36N6O3. The van der Waals surface area contributed by atoms with E-state index in [9.17, 15) is 9.90 Å². The van der Waals surface area contributed by atoms with Crippen molar-refractivity contribution in [3.05, 3.63) is 42.7 Å². The molecule has 2 aliphatic rings. The van der Waals surface area contributed by atoms with Gasteiger partial charge >= 0.3 is 6.09 Å². The number of para-hydroxylation sites is 1. The van der Waals surface area contributed by atoms with Crippen molar-refractivity contribution >= 4 is 11.9 Å². The molecule has 39 heavy (non-hydrogen) atoms. The first-order valence-electron chi connectivity index (χ1n) is 13.5. The van der Waals surface area contributed by atoms with Gasteiger partial charge in [0.2, 0.25) is 0 Å². The van der Waals surface area contributed by atoms with Crippen LogP contribution >= 0.6 is 0 Å². The molecule has 1 amide bonds. The number of hydrogen-bond donors (Lipinski definition) is 2. The van der Waals surface area contributed by atoms with Crippen LogP contribution < -0.4 is 5.73 Å². The third-order valence-corrected chi connectivity index (χ3v) is 7.64. The molecule has 1 spiro atoms. The zero-order valence-electron chi connectivity index (χ0n) is 23.0. The van der Waals surface area contributed by atoms with Gasteiger partial charge in [0.15, 0.2) is 5.82 Å². The van der Waals surface area contributed by atoms with E-state index in [-0.39, 0.29) is 17.9 Å². The van der Waals surface area contributed by atoms with Crippen LogP contribution in [0, 0.1) is 23.2 Å². The number of nitrogens with two attached hydrogens (primary N) is 1. The summed E-state index contributed by atoms with van der Waals surface area (Å²) in [6.07, 6.45) is 7.62. The summed E-state index contributed by atoms with van der Waals surface area (Å²) in [5, 5.41) is 23.0. The molecular weight excluding hydrogens is 492 g/mol. The van der Waals surface area contributed by atoms with Crippen LogP contribution in [0.15, 0.2) is 42.7 Å². The molecule has 5 rings (SSSR count). The second-order valence-corrected chi connectivity index (χ2v) is 11.8. The second-order valence-electron chi connectivity index (χ2n) is 11.8. The van der Waals surface area contributed by atoms with E-state index in [1.54, 1.807) is 24.4 Å². The minimum atomic E-state index is -0.466. The molecule has 1 unspecified atom stereocenters. The molecule has 9 heteroatoms. The van der Waals surface area contributed by atoms with E-state index in [1.165, 1.54) is 0 Å². The number of phenolic OH excluding ortho intramolecular Hbond substituents is 1.